The molecule has 0 spiro atoms. The molecule has 1 aromatic heterocycles. The molecule has 0 bridgehead atoms. The van der Waals surface area contributed by atoms with Crippen molar-refractivity contribution in [3.05, 3.63) is 54.1 Å². The zero-order valence-electron chi connectivity index (χ0n) is 23.1. The summed E-state index contributed by atoms with van der Waals surface area (Å²) in [5.41, 5.74) is 1.19. The Kier molecular flexibility index (Phi) is 8.16. The summed E-state index contributed by atoms with van der Waals surface area (Å²) < 4.78 is 30.0. The number of hydrogen-bond acceptors (Lipinski definition) is 8. The molecule has 4 heterocycles. The van der Waals surface area contributed by atoms with Gasteiger partial charge in [-0.15, -0.1) is 0 Å². The van der Waals surface area contributed by atoms with Gasteiger partial charge in [-0.1, -0.05) is 18.5 Å². The van der Waals surface area contributed by atoms with Crippen molar-refractivity contribution in [1.82, 2.24) is 9.88 Å². The number of halogens is 1. The van der Waals surface area contributed by atoms with Gasteiger partial charge in [0.25, 0.3) is 0 Å². The monoisotopic (exact) mass is 581 g/mol. The fourth-order valence-electron chi connectivity index (χ4n) is 5.21. The number of quaternary nitrogens is 1. The molecule has 216 valence electrons. The lowest BCUT2D eigenvalue weighted by Crippen LogP contribution is -2.38. The van der Waals surface area contributed by atoms with Crippen LogP contribution in [-0.4, -0.2) is 79.5 Å². The minimum absolute atomic E-state index is 0.0292. The van der Waals surface area contributed by atoms with Crippen molar-refractivity contribution in [3.63, 3.8) is 0 Å². The number of morpholine rings is 1. The summed E-state index contributed by atoms with van der Waals surface area (Å²) >= 11 is 6.56. The summed E-state index contributed by atoms with van der Waals surface area (Å²) in [5.74, 6) is 2.53. The third kappa shape index (κ3) is 6.06. The minimum atomic E-state index is -0.0292. The van der Waals surface area contributed by atoms with Gasteiger partial charge in [-0.25, -0.2) is 9.28 Å². The predicted molar refractivity (Wildman–Crippen MR) is 155 cm³/mol. The Morgan fingerprint density at radius 3 is 2.66 bits per heavy atom. The lowest BCUT2D eigenvalue weighted by molar-refractivity contribution is -0.709. The van der Waals surface area contributed by atoms with Gasteiger partial charge >= 0.3 is 6.03 Å². The molecule has 1 N–H and O–H groups in total. The normalized spacial score (nSPS) is 17.3. The Balaban J connectivity index is 1.19. The molecule has 3 aromatic rings. The molecule has 2 aromatic carbocycles. The van der Waals surface area contributed by atoms with E-state index in [1.807, 2.05) is 6.07 Å². The Hall–Kier alpha value is -3.57. The van der Waals surface area contributed by atoms with E-state index in [-0.39, 0.29) is 6.03 Å². The van der Waals surface area contributed by atoms with Crippen LogP contribution in [0.1, 0.15) is 19.8 Å². The van der Waals surface area contributed by atoms with E-state index < -0.39 is 0 Å². The summed E-state index contributed by atoms with van der Waals surface area (Å²) in [6, 6.07) is 8.79. The van der Waals surface area contributed by atoms with E-state index in [1.165, 1.54) is 12.5 Å². The second kappa shape index (κ2) is 12.1. The summed E-state index contributed by atoms with van der Waals surface area (Å²) in [7, 11) is 0. The lowest BCUT2D eigenvalue weighted by atomic mass is 10.1. The first kappa shape index (κ1) is 27.6. The third-order valence-electron chi connectivity index (χ3n) is 7.53. The van der Waals surface area contributed by atoms with Crippen molar-refractivity contribution < 1.29 is 33.0 Å². The highest BCUT2D eigenvalue weighted by Crippen LogP contribution is 2.48. The van der Waals surface area contributed by atoms with Crippen molar-refractivity contribution in [2.24, 2.45) is 0 Å². The molecule has 0 aliphatic carbocycles. The van der Waals surface area contributed by atoms with Crippen molar-refractivity contribution >= 4 is 34.2 Å². The van der Waals surface area contributed by atoms with Gasteiger partial charge < -0.3 is 23.7 Å². The highest BCUT2D eigenvalue weighted by atomic mass is 35.5. The molecule has 0 unspecified atom stereocenters. The van der Waals surface area contributed by atoms with Crippen molar-refractivity contribution in [2.45, 2.75) is 19.8 Å². The Labute approximate surface area is 243 Å². The van der Waals surface area contributed by atoms with E-state index >= 15 is 0 Å². The second-order valence-electron chi connectivity index (χ2n) is 10.4. The predicted octanol–water partition coefficient (Wildman–Crippen LogP) is 5.80. The Morgan fingerprint density at radius 2 is 1.90 bits per heavy atom. The number of carbonyl (C=O) groups excluding carboxylic acids is 1. The van der Waals surface area contributed by atoms with Crippen LogP contribution >= 0.6 is 11.6 Å². The number of urea groups is 1. The van der Waals surface area contributed by atoms with E-state index in [4.69, 9.17) is 35.3 Å². The van der Waals surface area contributed by atoms with Gasteiger partial charge in [-0.3, -0.25) is 15.2 Å². The molecule has 6 rings (SSSR count). The van der Waals surface area contributed by atoms with Crippen LogP contribution in [0.3, 0.4) is 0 Å². The van der Waals surface area contributed by atoms with Crippen LogP contribution < -0.4 is 24.3 Å². The van der Waals surface area contributed by atoms with E-state index in [2.05, 4.69) is 22.1 Å². The van der Waals surface area contributed by atoms with Gasteiger partial charge in [0, 0.05) is 38.0 Å². The van der Waals surface area contributed by atoms with Crippen LogP contribution in [0.2, 0.25) is 5.02 Å². The van der Waals surface area contributed by atoms with E-state index in [0.29, 0.717) is 61.5 Å². The zero-order valence-corrected chi connectivity index (χ0v) is 23.8. The van der Waals surface area contributed by atoms with Gasteiger partial charge in [0.05, 0.1) is 48.0 Å². The fourth-order valence-corrected chi connectivity index (χ4v) is 5.43. The Morgan fingerprint density at radius 1 is 1.10 bits per heavy atom. The van der Waals surface area contributed by atoms with Crippen LogP contribution in [0.5, 0.6) is 28.7 Å². The molecule has 41 heavy (non-hydrogen) atoms. The molecule has 11 heteroatoms. The second-order valence-corrected chi connectivity index (χ2v) is 10.8. The SMILES string of the molecule is CCC[N+]1(C(=O)Nc2ccc(Oc3ccnc4cc(OCCCN5CCOCC5)c5c(c34)OC=CO5)cc2Cl)CC1. The molecule has 3 aliphatic heterocycles. The number of ether oxygens (including phenoxy) is 5. The number of hydrogen-bond donors (Lipinski definition) is 1. The zero-order chi connectivity index (χ0) is 28.2. The number of rotatable bonds is 10. The van der Waals surface area contributed by atoms with Gasteiger partial charge in [0.1, 0.15) is 37.1 Å². The maximum absolute atomic E-state index is 12.8. The molecule has 2 amide bonds. The molecule has 0 atom stereocenters. The molecule has 10 nitrogen and oxygen atoms in total. The topological polar surface area (TPSA) is 91.4 Å². The smallest absolute Gasteiger partial charge is 0.421 e. The number of amides is 2. The summed E-state index contributed by atoms with van der Waals surface area (Å²) in [6.45, 7) is 9.54. The van der Waals surface area contributed by atoms with Gasteiger partial charge in [0.2, 0.25) is 5.75 Å². The van der Waals surface area contributed by atoms with E-state index in [0.717, 1.165) is 65.3 Å². The van der Waals surface area contributed by atoms with E-state index in [1.54, 1.807) is 30.5 Å². The summed E-state index contributed by atoms with van der Waals surface area (Å²) in [5, 5.41) is 4.01. The quantitative estimate of drug-likeness (QED) is 0.183. The molecule has 0 saturated carbocycles. The molecule has 2 saturated heterocycles. The number of pyridine rings is 1. The van der Waals surface area contributed by atoms with Gasteiger partial charge in [-0.2, -0.15) is 0 Å². The van der Waals surface area contributed by atoms with Gasteiger partial charge in [0.15, 0.2) is 11.5 Å². The van der Waals surface area contributed by atoms with E-state index in [9.17, 15) is 4.79 Å². The molecule has 2 fully saturated rings. The maximum Gasteiger partial charge on any atom is 0.421 e. The average molecular weight is 582 g/mol. The first-order valence-corrected chi connectivity index (χ1v) is 14.5. The highest BCUT2D eigenvalue weighted by Gasteiger charge is 2.49. The third-order valence-corrected chi connectivity index (χ3v) is 7.84. The summed E-state index contributed by atoms with van der Waals surface area (Å²) in [4.78, 5) is 19.7. The molecule has 0 radical (unpaired) electrons. The summed E-state index contributed by atoms with van der Waals surface area (Å²) in [6.07, 6.45) is 6.44. The van der Waals surface area contributed by atoms with Gasteiger partial charge in [-0.05, 0) is 31.0 Å². The number of nitrogens with one attached hydrogen (secondary N) is 1. The number of benzene rings is 2. The number of nitrogens with zero attached hydrogens (tertiary/aromatic N) is 3. The highest BCUT2D eigenvalue weighted by molar-refractivity contribution is 6.33. The van der Waals surface area contributed by atoms with Crippen LogP contribution in [0, 0.1) is 0 Å². The first-order valence-electron chi connectivity index (χ1n) is 14.1. The van der Waals surface area contributed by atoms with Crippen LogP contribution in [0.15, 0.2) is 49.1 Å². The maximum atomic E-state index is 12.8. The Bertz CT molecular complexity index is 1450. The lowest BCUT2D eigenvalue weighted by Gasteiger charge is -2.26. The first-order chi connectivity index (χ1) is 20.1. The van der Waals surface area contributed by atoms with Crippen LogP contribution in [0.4, 0.5) is 10.5 Å². The minimum Gasteiger partial charge on any atom is -0.489 e. The molecule has 3 aliphatic rings. The average Bonchev–Trinajstić information content (AvgIpc) is 3.78. The largest absolute Gasteiger partial charge is 0.489 e. The van der Waals surface area contributed by atoms with Crippen LogP contribution in [-0.2, 0) is 4.74 Å². The number of anilines is 1. The number of aromatic nitrogens is 1. The number of fused-ring (bicyclic) bond motifs is 3. The number of carbonyl (C=O) groups is 1. The molecular weight excluding hydrogens is 548 g/mol. The van der Waals surface area contributed by atoms with Crippen molar-refractivity contribution in [1.29, 1.82) is 0 Å². The van der Waals surface area contributed by atoms with Crippen molar-refractivity contribution in [3.8, 4) is 28.7 Å². The molecular formula is C30H34ClN4O6+. The standard InChI is InChI=1S/C30H33ClN4O6/c1-2-11-35(12-13-35)30(36)33-23-5-4-21(19-22(23)31)41-25-6-7-32-24-20-26(28-29(27(24)25)40-18-17-39-28)38-14-3-8-34-9-15-37-16-10-34/h4-7,17-20H,2-3,8-16H2,1H3/p+1. The fraction of sp³-hybridized carbons (Fsp3) is 0.400. The van der Waals surface area contributed by atoms with Crippen LogP contribution in [0.25, 0.3) is 10.9 Å². The van der Waals surface area contributed by atoms with Crippen molar-refractivity contribution in [2.75, 3.05) is 64.4 Å².